The third-order valence-corrected chi connectivity index (χ3v) is 4.56. The van der Waals surface area contributed by atoms with E-state index in [4.69, 9.17) is 14.0 Å². The van der Waals surface area contributed by atoms with Crippen molar-refractivity contribution < 1.29 is 14.0 Å². The van der Waals surface area contributed by atoms with E-state index in [2.05, 4.69) is 15.0 Å². The minimum atomic E-state index is -0.0851. The summed E-state index contributed by atoms with van der Waals surface area (Å²) < 4.78 is 17.2. The van der Waals surface area contributed by atoms with E-state index in [1.807, 2.05) is 31.2 Å². The monoisotopic (exact) mass is 315 g/mol. The number of hydrogen-bond donors (Lipinski definition) is 0. The van der Waals surface area contributed by atoms with Crippen LogP contribution >= 0.6 is 0 Å². The first kappa shape index (κ1) is 14.7. The molecule has 0 bridgehead atoms. The minimum absolute atomic E-state index is 0.0825. The van der Waals surface area contributed by atoms with Gasteiger partial charge in [0, 0.05) is 44.4 Å². The second-order valence-corrected chi connectivity index (χ2v) is 6.50. The number of aromatic nitrogens is 2. The van der Waals surface area contributed by atoms with Crippen molar-refractivity contribution in [2.45, 2.75) is 38.0 Å². The standard InChI is InChI=1S/C17H21N3O3/c1-13-8-14(19-23-13)10-20-7-5-17(12-20)9-15(11-21-17)22-16-4-2-3-6-18-16/h2-4,6,8,15H,5,7,9-12H2,1H3/t15-,17+/m1/s1. The van der Waals surface area contributed by atoms with Crippen LogP contribution in [0.15, 0.2) is 35.0 Å². The fraction of sp³-hybridized carbons (Fsp3) is 0.529. The molecule has 2 aromatic heterocycles. The smallest absolute Gasteiger partial charge is 0.213 e. The zero-order valence-electron chi connectivity index (χ0n) is 13.3. The van der Waals surface area contributed by atoms with Gasteiger partial charge in [0.25, 0.3) is 0 Å². The maximum atomic E-state index is 6.12. The van der Waals surface area contributed by atoms with Crippen LogP contribution in [0.2, 0.25) is 0 Å². The van der Waals surface area contributed by atoms with Crippen molar-refractivity contribution in [3.05, 3.63) is 41.9 Å². The van der Waals surface area contributed by atoms with Crippen LogP contribution in [0.1, 0.15) is 24.3 Å². The third kappa shape index (κ3) is 3.23. The normalized spacial score (nSPS) is 27.8. The van der Waals surface area contributed by atoms with Gasteiger partial charge in [0.2, 0.25) is 5.88 Å². The quantitative estimate of drug-likeness (QED) is 0.862. The van der Waals surface area contributed by atoms with Crippen LogP contribution in [0.4, 0.5) is 0 Å². The van der Waals surface area contributed by atoms with Crippen molar-refractivity contribution in [1.29, 1.82) is 0 Å². The fourth-order valence-corrected chi connectivity index (χ4v) is 3.53. The van der Waals surface area contributed by atoms with E-state index in [1.54, 1.807) is 6.20 Å². The average Bonchev–Trinajstić information content (AvgIpc) is 3.24. The molecule has 122 valence electrons. The predicted octanol–water partition coefficient (Wildman–Crippen LogP) is 2.19. The molecule has 4 rings (SSSR count). The molecular formula is C17H21N3O3. The summed E-state index contributed by atoms with van der Waals surface area (Å²) in [5.74, 6) is 1.53. The summed E-state index contributed by atoms with van der Waals surface area (Å²) in [6, 6.07) is 7.71. The first-order chi connectivity index (χ1) is 11.2. The largest absolute Gasteiger partial charge is 0.472 e. The number of hydrogen-bond acceptors (Lipinski definition) is 6. The summed E-state index contributed by atoms with van der Waals surface area (Å²) in [5.41, 5.74) is 0.900. The Labute approximate surface area is 135 Å². The SMILES string of the molecule is Cc1cc(CN2CC[C@]3(C[C@@H](Oc4ccccn4)CO3)C2)no1. The van der Waals surface area contributed by atoms with Crippen LogP contribution in [-0.4, -0.2) is 46.4 Å². The molecule has 0 aromatic carbocycles. The minimum Gasteiger partial charge on any atom is -0.472 e. The van der Waals surface area contributed by atoms with Gasteiger partial charge in [-0.1, -0.05) is 11.2 Å². The molecule has 2 aliphatic heterocycles. The van der Waals surface area contributed by atoms with E-state index < -0.39 is 0 Å². The second kappa shape index (κ2) is 5.94. The fourth-order valence-electron chi connectivity index (χ4n) is 3.53. The Hall–Kier alpha value is -1.92. The van der Waals surface area contributed by atoms with Crippen molar-refractivity contribution in [2.24, 2.45) is 0 Å². The molecule has 6 nitrogen and oxygen atoms in total. The van der Waals surface area contributed by atoms with Gasteiger partial charge >= 0.3 is 0 Å². The number of ether oxygens (including phenoxy) is 2. The van der Waals surface area contributed by atoms with Gasteiger partial charge in [-0.15, -0.1) is 0 Å². The highest BCUT2D eigenvalue weighted by Crippen LogP contribution is 2.36. The molecule has 4 heterocycles. The topological polar surface area (TPSA) is 60.6 Å². The van der Waals surface area contributed by atoms with E-state index in [1.165, 1.54) is 0 Å². The molecule has 2 aliphatic rings. The summed E-state index contributed by atoms with van der Waals surface area (Å²) in [6.45, 7) is 5.30. The molecule has 23 heavy (non-hydrogen) atoms. The highest BCUT2D eigenvalue weighted by molar-refractivity contribution is 5.11. The lowest BCUT2D eigenvalue weighted by atomic mass is 9.98. The Morgan fingerprint density at radius 3 is 3.17 bits per heavy atom. The number of nitrogens with zero attached hydrogens (tertiary/aromatic N) is 3. The molecule has 2 saturated heterocycles. The molecule has 1 spiro atoms. The molecule has 2 aromatic rings. The van der Waals surface area contributed by atoms with Gasteiger partial charge < -0.3 is 14.0 Å². The van der Waals surface area contributed by atoms with Gasteiger partial charge in [-0.25, -0.2) is 4.98 Å². The van der Waals surface area contributed by atoms with E-state index >= 15 is 0 Å². The Kier molecular flexibility index (Phi) is 3.79. The Morgan fingerprint density at radius 2 is 2.39 bits per heavy atom. The summed E-state index contributed by atoms with van der Waals surface area (Å²) >= 11 is 0. The zero-order chi connectivity index (χ0) is 15.7. The molecular weight excluding hydrogens is 294 g/mol. The van der Waals surface area contributed by atoms with Crippen molar-refractivity contribution in [1.82, 2.24) is 15.0 Å². The molecule has 0 amide bonds. The molecule has 6 heteroatoms. The van der Waals surface area contributed by atoms with E-state index in [9.17, 15) is 0 Å². The third-order valence-electron chi connectivity index (χ3n) is 4.56. The molecule has 0 radical (unpaired) electrons. The molecule has 0 saturated carbocycles. The zero-order valence-corrected chi connectivity index (χ0v) is 13.3. The maximum Gasteiger partial charge on any atom is 0.213 e. The Balaban J connectivity index is 1.34. The summed E-state index contributed by atoms with van der Waals surface area (Å²) in [7, 11) is 0. The maximum absolute atomic E-state index is 6.12. The van der Waals surface area contributed by atoms with Crippen molar-refractivity contribution in [3.8, 4) is 5.88 Å². The van der Waals surface area contributed by atoms with Crippen molar-refractivity contribution >= 4 is 0 Å². The van der Waals surface area contributed by atoms with Crippen LogP contribution in [0.25, 0.3) is 0 Å². The summed E-state index contributed by atoms with van der Waals surface area (Å²) in [5, 5.41) is 4.07. The number of aryl methyl sites for hydroxylation is 1. The van der Waals surface area contributed by atoms with Gasteiger partial charge in [-0.2, -0.15) is 0 Å². The first-order valence-corrected chi connectivity index (χ1v) is 8.07. The molecule has 0 N–H and O–H groups in total. The van der Waals surface area contributed by atoms with Crippen molar-refractivity contribution in [3.63, 3.8) is 0 Å². The lowest BCUT2D eigenvalue weighted by Crippen LogP contribution is -2.33. The van der Waals surface area contributed by atoms with E-state index in [0.29, 0.717) is 12.5 Å². The number of likely N-dealkylation sites (tertiary alicyclic amines) is 1. The number of pyridine rings is 1. The lowest BCUT2D eigenvalue weighted by molar-refractivity contribution is 0.00910. The van der Waals surface area contributed by atoms with E-state index in [-0.39, 0.29) is 11.7 Å². The van der Waals surface area contributed by atoms with Crippen LogP contribution < -0.4 is 4.74 Å². The summed E-state index contributed by atoms with van der Waals surface area (Å²) in [4.78, 5) is 6.60. The van der Waals surface area contributed by atoms with Crippen LogP contribution in [0.5, 0.6) is 5.88 Å². The number of rotatable bonds is 4. The van der Waals surface area contributed by atoms with Crippen molar-refractivity contribution in [2.75, 3.05) is 19.7 Å². The highest BCUT2D eigenvalue weighted by atomic mass is 16.6. The van der Waals surface area contributed by atoms with Gasteiger partial charge in [0.1, 0.15) is 11.9 Å². The molecule has 0 unspecified atom stereocenters. The molecule has 2 atom stereocenters. The van der Waals surface area contributed by atoms with Crippen LogP contribution in [-0.2, 0) is 11.3 Å². The van der Waals surface area contributed by atoms with Crippen LogP contribution in [0.3, 0.4) is 0 Å². The second-order valence-electron chi connectivity index (χ2n) is 6.50. The average molecular weight is 315 g/mol. The lowest BCUT2D eigenvalue weighted by Gasteiger charge is -2.22. The first-order valence-electron chi connectivity index (χ1n) is 8.07. The van der Waals surface area contributed by atoms with Crippen LogP contribution in [0, 0.1) is 6.92 Å². The van der Waals surface area contributed by atoms with Gasteiger partial charge in [0.05, 0.1) is 17.9 Å². The highest BCUT2D eigenvalue weighted by Gasteiger charge is 2.46. The summed E-state index contributed by atoms with van der Waals surface area (Å²) in [6.07, 6.45) is 3.78. The molecule has 2 fully saturated rings. The predicted molar refractivity (Wildman–Crippen MR) is 83.1 cm³/mol. The van der Waals surface area contributed by atoms with Gasteiger partial charge in [-0.05, 0) is 19.4 Å². The Morgan fingerprint density at radius 1 is 1.43 bits per heavy atom. The molecule has 0 aliphatic carbocycles. The van der Waals surface area contributed by atoms with Gasteiger partial charge in [-0.3, -0.25) is 4.90 Å². The van der Waals surface area contributed by atoms with Gasteiger partial charge in [0.15, 0.2) is 0 Å². The Bertz CT molecular complexity index is 660. The van der Waals surface area contributed by atoms with E-state index in [0.717, 1.165) is 43.9 Å².